The standard InChI is InChI=1S/C19H30N2O4/c1-7-21(8-2)17(23)15-11-9-10-14(16(15)13-22)12-20(6)18(24)25-19(3,4)5/h9-11,22H,7-8,12-13H2,1-6H3. The molecular formula is C19H30N2O4. The molecule has 0 heterocycles. The Kier molecular flexibility index (Phi) is 7.42. The van der Waals surface area contributed by atoms with Crippen LogP contribution in [-0.4, -0.2) is 52.6 Å². The molecule has 0 aromatic heterocycles. The third-order valence-corrected chi connectivity index (χ3v) is 3.82. The molecule has 1 rings (SSSR count). The maximum Gasteiger partial charge on any atom is 0.410 e. The van der Waals surface area contributed by atoms with Gasteiger partial charge in [0.25, 0.3) is 5.91 Å². The maximum atomic E-state index is 12.7. The number of rotatable bonds is 6. The van der Waals surface area contributed by atoms with Crippen LogP contribution in [0.4, 0.5) is 4.79 Å². The van der Waals surface area contributed by atoms with Crippen molar-refractivity contribution in [2.45, 2.75) is 53.4 Å². The average molecular weight is 350 g/mol. The largest absolute Gasteiger partial charge is 0.444 e. The highest BCUT2D eigenvalue weighted by Crippen LogP contribution is 2.20. The van der Waals surface area contributed by atoms with Crippen LogP contribution in [0.5, 0.6) is 0 Å². The summed E-state index contributed by atoms with van der Waals surface area (Å²) in [4.78, 5) is 27.9. The Morgan fingerprint density at radius 1 is 1.16 bits per heavy atom. The fourth-order valence-electron chi connectivity index (χ4n) is 2.51. The van der Waals surface area contributed by atoms with E-state index in [1.165, 1.54) is 4.90 Å². The van der Waals surface area contributed by atoms with Crippen molar-refractivity contribution in [1.29, 1.82) is 0 Å². The van der Waals surface area contributed by atoms with Crippen LogP contribution in [0.1, 0.15) is 56.1 Å². The Hall–Kier alpha value is -2.08. The summed E-state index contributed by atoms with van der Waals surface area (Å²) >= 11 is 0. The molecule has 0 aliphatic rings. The molecule has 0 aliphatic carbocycles. The SMILES string of the molecule is CCN(CC)C(=O)c1cccc(CN(C)C(=O)OC(C)(C)C)c1CO. The lowest BCUT2D eigenvalue weighted by Crippen LogP contribution is -2.34. The second-order valence-electron chi connectivity index (χ2n) is 6.92. The Bertz CT molecular complexity index is 604. The van der Waals surface area contributed by atoms with Gasteiger partial charge in [-0.1, -0.05) is 12.1 Å². The third-order valence-electron chi connectivity index (χ3n) is 3.82. The van der Waals surface area contributed by atoms with Crippen LogP contribution < -0.4 is 0 Å². The molecule has 25 heavy (non-hydrogen) atoms. The van der Waals surface area contributed by atoms with Gasteiger partial charge in [0.15, 0.2) is 0 Å². The van der Waals surface area contributed by atoms with Crippen LogP contribution in [0.25, 0.3) is 0 Å². The molecule has 0 atom stereocenters. The number of ether oxygens (including phenoxy) is 1. The van der Waals surface area contributed by atoms with E-state index in [9.17, 15) is 14.7 Å². The van der Waals surface area contributed by atoms with Crippen molar-refractivity contribution in [2.75, 3.05) is 20.1 Å². The van der Waals surface area contributed by atoms with E-state index in [0.717, 1.165) is 5.56 Å². The van der Waals surface area contributed by atoms with Gasteiger partial charge >= 0.3 is 6.09 Å². The van der Waals surface area contributed by atoms with Crippen LogP contribution in [0, 0.1) is 0 Å². The quantitative estimate of drug-likeness (QED) is 0.856. The topological polar surface area (TPSA) is 70.1 Å². The van der Waals surface area contributed by atoms with Gasteiger partial charge in [0.05, 0.1) is 6.61 Å². The number of amides is 2. The number of carbonyl (C=O) groups excluding carboxylic acids is 2. The van der Waals surface area contributed by atoms with Crippen molar-refractivity contribution < 1.29 is 19.4 Å². The minimum absolute atomic E-state index is 0.115. The molecule has 2 amide bonds. The minimum Gasteiger partial charge on any atom is -0.444 e. The number of carbonyl (C=O) groups is 2. The summed E-state index contributed by atoms with van der Waals surface area (Å²) in [5, 5.41) is 9.81. The van der Waals surface area contributed by atoms with Crippen LogP contribution in [0.3, 0.4) is 0 Å². The average Bonchev–Trinajstić information content (AvgIpc) is 2.53. The zero-order valence-corrected chi connectivity index (χ0v) is 16.1. The van der Waals surface area contributed by atoms with Gasteiger partial charge in [-0.05, 0) is 51.8 Å². The summed E-state index contributed by atoms with van der Waals surface area (Å²) in [6.45, 7) is 10.4. The van der Waals surface area contributed by atoms with E-state index in [2.05, 4.69) is 0 Å². The van der Waals surface area contributed by atoms with E-state index in [1.54, 1.807) is 44.9 Å². The Labute approximate surface area is 150 Å². The molecule has 6 nitrogen and oxygen atoms in total. The van der Waals surface area contributed by atoms with Gasteiger partial charge < -0.3 is 19.6 Å². The van der Waals surface area contributed by atoms with Crippen molar-refractivity contribution in [3.05, 3.63) is 34.9 Å². The van der Waals surface area contributed by atoms with Gasteiger partial charge in [0.1, 0.15) is 5.60 Å². The second-order valence-corrected chi connectivity index (χ2v) is 6.92. The molecule has 0 saturated heterocycles. The van der Waals surface area contributed by atoms with Crippen LogP contribution in [-0.2, 0) is 17.9 Å². The first-order valence-electron chi connectivity index (χ1n) is 8.59. The lowest BCUT2D eigenvalue weighted by Gasteiger charge is -2.26. The van der Waals surface area contributed by atoms with Gasteiger partial charge in [-0.25, -0.2) is 4.79 Å². The highest BCUT2D eigenvalue weighted by Gasteiger charge is 2.22. The first-order valence-corrected chi connectivity index (χ1v) is 8.59. The van der Waals surface area contributed by atoms with Crippen molar-refractivity contribution in [3.63, 3.8) is 0 Å². The Morgan fingerprint density at radius 3 is 2.24 bits per heavy atom. The fraction of sp³-hybridized carbons (Fsp3) is 0.579. The van der Waals surface area contributed by atoms with Gasteiger partial charge in [-0.2, -0.15) is 0 Å². The van der Waals surface area contributed by atoms with E-state index in [0.29, 0.717) is 24.2 Å². The molecule has 1 aromatic carbocycles. The molecule has 0 radical (unpaired) electrons. The highest BCUT2D eigenvalue weighted by atomic mass is 16.6. The molecule has 1 N–H and O–H groups in total. The molecule has 0 unspecified atom stereocenters. The van der Waals surface area contributed by atoms with E-state index in [4.69, 9.17) is 4.74 Å². The van der Waals surface area contributed by atoms with Crippen molar-refractivity contribution >= 4 is 12.0 Å². The molecular weight excluding hydrogens is 320 g/mol. The summed E-state index contributed by atoms with van der Waals surface area (Å²) in [7, 11) is 1.63. The zero-order chi connectivity index (χ0) is 19.2. The van der Waals surface area contributed by atoms with Gasteiger partial charge in [0, 0.05) is 32.2 Å². The van der Waals surface area contributed by atoms with Gasteiger partial charge in [0.2, 0.25) is 0 Å². The number of hydrogen-bond acceptors (Lipinski definition) is 4. The molecule has 0 spiro atoms. The minimum atomic E-state index is -0.578. The lowest BCUT2D eigenvalue weighted by atomic mass is 10.00. The van der Waals surface area contributed by atoms with E-state index in [1.807, 2.05) is 19.9 Å². The fourth-order valence-corrected chi connectivity index (χ4v) is 2.51. The number of aliphatic hydroxyl groups is 1. The number of benzene rings is 1. The molecule has 0 fully saturated rings. The first kappa shape index (κ1) is 21.0. The molecule has 0 aliphatic heterocycles. The second kappa shape index (κ2) is 8.85. The highest BCUT2D eigenvalue weighted by molar-refractivity contribution is 5.96. The number of hydrogen-bond donors (Lipinski definition) is 1. The Balaban J connectivity index is 3.07. The molecule has 6 heteroatoms. The molecule has 0 saturated carbocycles. The van der Waals surface area contributed by atoms with Gasteiger partial charge in [-0.15, -0.1) is 0 Å². The van der Waals surface area contributed by atoms with Crippen molar-refractivity contribution in [1.82, 2.24) is 9.80 Å². The smallest absolute Gasteiger partial charge is 0.410 e. The first-order chi connectivity index (χ1) is 11.6. The number of aliphatic hydroxyl groups excluding tert-OH is 1. The lowest BCUT2D eigenvalue weighted by molar-refractivity contribution is 0.0284. The van der Waals surface area contributed by atoms with E-state index in [-0.39, 0.29) is 19.1 Å². The van der Waals surface area contributed by atoms with Gasteiger partial charge in [-0.3, -0.25) is 4.79 Å². The maximum absolute atomic E-state index is 12.7. The van der Waals surface area contributed by atoms with Crippen LogP contribution >= 0.6 is 0 Å². The predicted molar refractivity (Wildman–Crippen MR) is 97.3 cm³/mol. The summed E-state index contributed by atoms with van der Waals surface area (Å²) in [5.74, 6) is -0.115. The molecule has 0 bridgehead atoms. The third kappa shape index (κ3) is 5.74. The molecule has 140 valence electrons. The van der Waals surface area contributed by atoms with Crippen LogP contribution in [0.15, 0.2) is 18.2 Å². The summed E-state index contributed by atoms with van der Waals surface area (Å²) in [6, 6.07) is 5.29. The number of nitrogens with zero attached hydrogens (tertiary/aromatic N) is 2. The van der Waals surface area contributed by atoms with Crippen molar-refractivity contribution in [3.8, 4) is 0 Å². The Morgan fingerprint density at radius 2 is 1.76 bits per heavy atom. The monoisotopic (exact) mass is 350 g/mol. The predicted octanol–water partition coefficient (Wildman–Crippen LogP) is 3.03. The summed E-state index contributed by atoms with van der Waals surface area (Å²) in [5.41, 5.74) is 1.18. The van der Waals surface area contributed by atoms with Crippen LogP contribution in [0.2, 0.25) is 0 Å². The van der Waals surface area contributed by atoms with E-state index < -0.39 is 11.7 Å². The summed E-state index contributed by atoms with van der Waals surface area (Å²) < 4.78 is 5.35. The summed E-state index contributed by atoms with van der Waals surface area (Å²) in [6.07, 6.45) is -0.447. The molecule has 1 aromatic rings. The normalized spacial score (nSPS) is 11.2. The van der Waals surface area contributed by atoms with Crippen molar-refractivity contribution in [2.24, 2.45) is 0 Å². The zero-order valence-electron chi connectivity index (χ0n) is 16.1. The van der Waals surface area contributed by atoms with E-state index >= 15 is 0 Å².